The average Bonchev–Trinajstić information content (AvgIpc) is 2.99. The smallest absolute Gasteiger partial charge is 0.292 e. The van der Waals surface area contributed by atoms with Crippen molar-refractivity contribution in [2.75, 3.05) is 18.9 Å². The van der Waals surface area contributed by atoms with Crippen molar-refractivity contribution in [3.8, 4) is 0 Å². The van der Waals surface area contributed by atoms with Gasteiger partial charge in [-0.3, -0.25) is 14.9 Å². The second-order valence-corrected chi connectivity index (χ2v) is 4.32. The topological polar surface area (TPSA) is 113 Å². The number of anilines is 1. The highest BCUT2D eigenvalue weighted by atomic mass is 16.6. The van der Waals surface area contributed by atoms with Crippen LogP contribution in [0.25, 0.3) is 0 Å². The van der Waals surface area contributed by atoms with E-state index in [9.17, 15) is 14.9 Å². The second-order valence-electron chi connectivity index (χ2n) is 4.32. The highest BCUT2D eigenvalue weighted by Gasteiger charge is 2.15. The lowest BCUT2D eigenvalue weighted by Gasteiger charge is -2.07. The van der Waals surface area contributed by atoms with Crippen LogP contribution in [0, 0.1) is 10.1 Å². The number of carbonyl (C=O) groups excluding carboxylic acids is 1. The third kappa shape index (κ3) is 3.56. The van der Waals surface area contributed by atoms with Crippen LogP contribution in [0.15, 0.2) is 30.7 Å². The highest BCUT2D eigenvalue weighted by molar-refractivity contribution is 5.95. The number of hydrogen-bond acceptors (Lipinski definition) is 5. The Morgan fingerprint density at radius 1 is 1.48 bits per heavy atom. The normalized spacial score (nSPS) is 10.1. The third-order valence-corrected chi connectivity index (χ3v) is 2.96. The molecule has 1 aromatic heterocycles. The van der Waals surface area contributed by atoms with Crippen molar-refractivity contribution in [2.45, 2.75) is 6.42 Å². The molecule has 0 saturated heterocycles. The fourth-order valence-corrected chi connectivity index (χ4v) is 1.87. The number of nitro benzene ring substituents is 1. The molecule has 2 aromatic rings. The van der Waals surface area contributed by atoms with Gasteiger partial charge < -0.3 is 15.6 Å². The SMILES string of the molecule is CNc1cc(C(=O)NCCc2cnc[nH]2)ccc1[N+](=O)[O-]. The molecule has 0 aliphatic carbocycles. The summed E-state index contributed by atoms with van der Waals surface area (Å²) in [6.07, 6.45) is 3.90. The van der Waals surface area contributed by atoms with Crippen molar-refractivity contribution in [3.63, 3.8) is 0 Å². The van der Waals surface area contributed by atoms with Crippen LogP contribution < -0.4 is 10.6 Å². The molecule has 0 radical (unpaired) electrons. The van der Waals surface area contributed by atoms with E-state index in [-0.39, 0.29) is 11.6 Å². The number of carbonyl (C=O) groups is 1. The van der Waals surface area contributed by atoms with Gasteiger partial charge in [-0.2, -0.15) is 0 Å². The molecule has 0 aliphatic rings. The Labute approximate surface area is 120 Å². The van der Waals surface area contributed by atoms with E-state index in [1.54, 1.807) is 19.6 Å². The van der Waals surface area contributed by atoms with E-state index in [0.29, 0.717) is 24.2 Å². The summed E-state index contributed by atoms with van der Waals surface area (Å²) in [4.78, 5) is 29.1. The minimum absolute atomic E-state index is 0.0634. The standard InChI is InChI=1S/C13H15N5O3/c1-14-11-6-9(2-3-12(11)18(20)21)13(19)16-5-4-10-7-15-8-17-10/h2-3,6-8,14H,4-5H2,1H3,(H,15,17)(H,16,19). The predicted molar refractivity (Wildman–Crippen MR) is 77.3 cm³/mol. The van der Waals surface area contributed by atoms with Crippen molar-refractivity contribution in [1.29, 1.82) is 0 Å². The molecule has 1 heterocycles. The van der Waals surface area contributed by atoms with Gasteiger partial charge in [0, 0.05) is 43.5 Å². The van der Waals surface area contributed by atoms with Gasteiger partial charge in [-0.25, -0.2) is 4.98 Å². The van der Waals surface area contributed by atoms with Crippen LogP contribution in [0.4, 0.5) is 11.4 Å². The molecule has 0 fully saturated rings. The molecule has 0 saturated carbocycles. The quantitative estimate of drug-likeness (QED) is 0.548. The van der Waals surface area contributed by atoms with E-state index in [0.717, 1.165) is 5.69 Å². The zero-order valence-corrected chi connectivity index (χ0v) is 11.4. The zero-order chi connectivity index (χ0) is 15.2. The minimum Gasteiger partial charge on any atom is -0.383 e. The Morgan fingerprint density at radius 3 is 2.90 bits per heavy atom. The largest absolute Gasteiger partial charge is 0.383 e. The Hall–Kier alpha value is -2.90. The fourth-order valence-electron chi connectivity index (χ4n) is 1.87. The maximum Gasteiger partial charge on any atom is 0.292 e. The monoisotopic (exact) mass is 289 g/mol. The lowest BCUT2D eigenvalue weighted by atomic mass is 10.1. The van der Waals surface area contributed by atoms with Crippen molar-refractivity contribution in [3.05, 3.63) is 52.1 Å². The molecule has 2 rings (SSSR count). The number of hydrogen-bond donors (Lipinski definition) is 3. The summed E-state index contributed by atoms with van der Waals surface area (Å²) in [6.45, 7) is 0.451. The van der Waals surface area contributed by atoms with E-state index in [1.807, 2.05) is 0 Å². The molecule has 0 spiro atoms. The van der Waals surface area contributed by atoms with E-state index in [4.69, 9.17) is 0 Å². The van der Waals surface area contributed by atoms with Crippen LogP contribution in [-0.4, -0.2) is 34.4 Å². The van der Waals surface area contributed by atoms with Gasteiger partial charge in [-0.05, 0) is 12.1 Å². The van der Waals surface area contributed by atoms with E-state index < -0.39 is 4.92 Å². The Morgan fingerprint density at radius 2 is 2.29 bits per heavy atom. The van der Waals surface area contributed by atoms with E-state index >= 15 is 0 Å². The first-order valence-electron chi connectivity index (χ1n) is 6.33. The summed E-state index contributed by atoms with van der Waals surface area (Å²) in [7, 11) is 1.57. The molecular formula is C13H15N5O3. The van der Waals surface area contributed by atoms with Crippen LogP contribution in [0.5, 0.6) is 0 Å². The summed E-state index contributed by atoms with van der Waals surface area (Å²) < 4.78 is 0. The second kappa shape index (κ2) is 6.51. The van der Waals surface area contributed by atoms with Crippen LogP contribution in [0.3, 0.4) is 0 Å². The van der Waals surface area contributed by atoms with Gasteiger partial charge in [-0.15, -0.1) is 0 Å². The first-order chi connectivity index (χ1) is 10.1. The number of benzene rings is 1. The molecule has 8 heteroatoms. The lowest BCUT2D eigenvalue weighted by Crippen LogP contribution is -2.25. The molecule has 0 bridgehead atoms. The summed E-state index contributed by atoms with van der Waals surface area (Å²) >= 11 is 0. The van der Waals surface area contributed by atoms with Gasteiger partial charge in [-0.1, -0.05) is 0 Å². The summed E-state index contributed by atoms with van der Waals surface area (Å²) in [5.41, 5.74) is 1.54. The van der Waals surface area contributed by atoms with E-state index in [1.165, 1.54) is 18.2 Å². The molecule has 1 aromatic carbocycles. The third-order valence-electron chi connectivity index (χ3n) is 2.96. The van der Waals surface area contributed by atoms with Gasteiger partial charge in [0.2, 0.25) is 0 Å². The maximum atomic E-state index is 12.0. The lowest BCUT2D eigenvalue weighted by molar-refractivity contribution is -0.383. The van der Waals surface area contributed by atoms with Crippen LogP contribution >= 0.6 is 0 Å². The summed E-state index contributed by atoms with van der Waals surface area (Å²) in [6, 6.07) is 4.21. The number of rotatable bonds is 6. The average molecular weight is 289 g/mol. The Bertz CT molecular complexity index is 639. The molecule has 8 nitrogen and oxygen atoms in total. The van der Waals surface area contributed by atoms with Gasteiger partial charge in [0.15, 0.2) is 0 Å². The summed E-state index contributed by atoms with van der Waals surface area (Å²) in [5, 5.41) is 16.3. The van der Waals surface area contributed by atoms with Gasteiger partial charge in [0.1, 0.15) is 5.69 Å². The number of nitro groups is 1. The fraction of sp³-hybridized carbons (Fsp3) is 0.231. The van der Waals surface area contributed by atoms with Crippen molar-refractivity contribution in [2.24, 2.45) is 0 Å². The molecule has 21 heavy (non-hydrogen) atoms. The number of aromatic nitrogens is 2. The number of H-pyrrole nitrogens is 1. The van der Waals surface area contributed by atoms with Gasteiger partial charge in [0.25, 0.3) is 11.6 Å². The van der Waals surface area contributed by atoms with Crippen molar-refractivity contribution in [1.82, 2.24) is 15.3 Å². The van der Waals surface area contributed by atoms with Crippen LogP contribution in [0.1, 0.15) is 16.1 Å². The predicted octanol–water partition coefficient (Wildman–Crippen LogP) is 1.33. The minimum atomic E-state index is -0.494. The summed E-state index contributed by atoms with van der Waals surface area (Å²) in [5.74, 6) is -0.277. The van der Waals surface area contributed by atoms with Crippen LogP contribution in [0.2, 0.25) is 0 Å². The van der Waals surface area contributed by atoms with Crippen molar-refractivity contribution < 1.29 is 9.72 Å². The molecule has 0 aliphatic heterocycles. The molecule has 0 atom stereocenters. The molecule has 3 N–H and O–H groups in total. The van der Waals surface area contributed by atoms with Gasteiger partial charge in [0.05, 0.1) is 11.3 Å². The number of amides is 1. The number of imidazole rings is 1. The Kier molecular flexibility index (Phi) is 4.50. The molecular weight excluding hydrogens is 274 g/mol. The van der Waals surface area contributed by atoms with Crippen molar-refractivity contribution >= 4 is 17.3 Å². The number of nitrogens with one attached hydrogen (secondary N) is 3. The Balaban J connectivity index is 2.00. The maximum absolute atomic E-state index is 12.0. The first-order valence-corrected chi connectivity index (χ1v) is 6.33. The molecule has 0 unspecified atom stereocenters. The molecule has 1 amide bonds. The number of nitrogens with zero attached hydrogens (tertiary/aromatic N) is 2. The number of aromatic amines is 1. The highest BCUT2D eigenvalue weighted by Crippen LogP contribution is 2.24. The van der Waals surface area contributed by atoms with Gasteiger partial charge >= 0.3 is 0 Å². The first kappa shape index (κ1) is 14.5. The zero-order valence-electron chi connectivity index (χ0n) is 11.4. The molecule has 110 valence electrons. The van der Waals surface area contributed by atoms with Crippen LogP contribution in [-0.2, 0) is 6.42 Å². The van der Waals surface area contributed by atoms with E-state index in [2.05, 4.69) is 20.6 Å².